The number of aromatic nitrogens is 2. The highest BCUT2D eigenvalue weighted by molar-refractivity contribution is 5.96. The third-order valence-electron chi connectivity index (χ3n) is 5.94. The fourth-order valence-electron chi connectivity index (χ4n) is 3.98. The van der Waals surface area contributed by atoms with Crippen molar-refractivity contribution in [2.45, 2.75) is 25.5 Å². The Morgan fingerprint density at radius 3 is 2.58 bits per heavy atom. The minimum absolute atomic E-state index is 0.00771. The number of hydrogen-bond donors (Lipinski definition) is 2. The predicted octanol–water partition coefficient (Wildman–Crippen LogP) is 0.634. The highest BCUT2D eigenvalue weighted by Crippen LogP contribution is 2.21. The molecule has 1 unspecified atom stereocenters. The van der Waals surface area contributed by atoms with Crippen molar-refractivity contribution in [3.05, 3.63) is 42.1 Å². The van der Waals surface area contributed by atoms with Crippen LogP contribution in [0.25, 0.3) is 11.4 Å². The van der Waals surface area contributed by atoms with Crippen LogP contribution in [0.4, 0.5) is 4.79 Å². The van der Waals surface area contributed by atoms with Gasteiger partial charge < -0.3 is 34.4 Å². The molecule has 1 aromatic heterocycles. The number of hydroxylamine groups is 2. The zero-order chi connectivity index (χ0) is 26.9. The average Bonchev–Trinajstić information content (AvgIpc) is 3.45. The molecule has 2 saturated heterocycles. The lowest BCUT2D eigenvalue weighted by Crippen LogP contribution is -2.56. The summed E-state index contributed by atoms with van der Waals surface area (Å²) in [6.45, 7) is 3.24. The van der Waals surface area contributed by atoms with Crippen LogP contribution in [-0.2, 0) is 19.1 Å². The molecular weight excluding hydrogens is 498 g/mol. The summed E-state index contributed by atoms with van der Waals surface area (Å²) >= 11 is 0. The Balaban J connectivity index is 1.43. The number of aliphatic hydroxyl groups is 1. The van der Waals surface area contributed by atoms with Crippen LogP contribution in [0.1, 0.15) is 23.8 Å². The molecule has 2 aromatic rings. The van der Waals surface area contributed by atoms with Crippen molar-refractivity contribution in [1.82, 2.24) is 25.2 Å². The molecule has 0 spiro atoms. The Kier molecular flexibility index (Phi) is 9.40. The van der Waals surface area contributed by atoms with Gasteiger partial charge in [-0.05, 0) is 6.92 Å². The smallest absolute Gasteiger partial charge is 0.472 e. The molecule has 2 aliphatic rings. The monoisotopic (exact) mass is 529 g/mol. The molecule has 0 radical (unpaired) electrons. The van der Waals surface area contributed by atoms with E-state index in [0.717, 1.165) is 0 Å². The molecule has 13 heteroatoms. The Bertz CT molecular complexity index is 1100. The molecule has 0 aliphatic carbocycles. The number of amides is 2. The quantitative estimate of drug-likeness (QED) is 0.440. The zero-order valence-electron chi connectivity index (χ0n) is 21.1. The maximum absolute atomic E-state index is 13.2. The number of piperazine rings is 1. The van der Waals surface area contributed by atoms with Gasteiger partial charge in [0.15, 0.2) is 5.82 Å². The van der Waals surface area contributed by atoms with Crippen molar-refractivity contribution in [3.8, 4) is 17.3 Å². The fourth-order valence-corrected chi connectivity index (χ4v) is 3.98. The Labute approximate surface area is 219 Å². The minimum Gasteiger partial charge on any atom is -0.472 e. The first-order chi connectivity index (χ1) is 18.5. The van der Waals surface area contributed by atoms with Crippen molar-refractivity contribution in [1.29, 1.82) is 0 Å². The molecule has 204 valence electrons. The van der Waals surface area contributed by atoms with E-state index >= 15 is 0 Å². The molecule has 13 nitrogen and oxygen atoms in total. The molecule has 0 bridgehead atoms. The molecule has 0 saturated carbocycles. The van der Waals surface area contributed by atoms with Gasteiger partial charge in [0.1, 0.15) is 17.8 Å². The topological polar surface area (TPSA) is 153 Å². The SMILES string of the molecule is CCOC(=O)ON1CCN(C(=O)C(CO)NC(=O)c2cc(O[C@H]3CCOC3)nc(-c3ccccc3)n2)CC1. The number of rotatable bonds is 9. The molecule has 1 aromatic carbocycles. The largest absolute Gasteiger partial charge is 0.527 e. The number of ether oxygens (including phenoxy) is 3. The third-order valence-corrected chi connectivity index (χ3v) is 5.94. The van der Waals surface area contributed by atoms with Crippen LogP contribution < -0.4 is 10.1 Å². The normalized spacial score (nSPS) is 18.5. The summed E-state index contributed by atoms with van der Waals surface area (Å²) < 4.78 is 16.0. The van der Waals surface area contributed by atoms with Gasteiger partial charge in [-0.1, -0.05) is 30.3 Å². The Morgan fingerprint density at radius 2 is 1.92 bits per heavy atom. The average molecular weight is 530 g/mol. The van der Waals surface area contributed by atoms with Crippen LogP contribution in [0.15, 0.2) is 36.4 Å². The van der Waals surface area contributed by atoms with Gasteiger partial charge in [-0.25, -0.2) is 9.78 Å². The van der Waals surface area contributed by atoms with E-state index in [0.29, 0.717) is 25.2 Å². The van der Waals surface area contributed by atoms with Gasteiger partial charge >= 0.3 is 6.16 Å². The second-order valence-corrected chi connectivity index (χ2v) is 8.62. The van der Waals surface area contributed by atoms with E-state index in [1.54, 1.807) is 6.92 Å². The third kappa shape index (κ3) is 7.15. The number of nitrogens with zero attached hydrogens (tertiary/aromatic N) is 4. The van der Waals surface area contributed by atoms with Crippen LogP contribution in [0.5, 0.6) is 5.88 Å². The molecule has 4 rings (SSSR count). The lowest BCUT2D eigenvalue weighted by Gasteiger charge is -2.34. The summed E-state index contributed by atoms with van der Waals surface area (Å²) in [5, 5.41) is 13.9. The number of hydrogen-bond acceptors (Lipinski definition) is 11. The molecule has 2 amide bonds. The van der Waals surface area contributed by atoms with Gasteiger partial charge in [-0.15, -0.1) is 5.06 Å². The van der Waals surface area contributed by atoms with E-state index in [4.69, 9.17) is 19.0 Å². The predicted molar refractivity (Wildman–Crippen MR) is 132 cm³/mol. The van der Waals surface area contributed by atoms with E-state index in [1.807, 2.05) is 30.3 Å². The van der Waals surface area contributed by atoms with Crippen LogP contribution in [0.2, 0.25) is 0 Å². The summed E-state index contributed by atoms with van der Waals surface area (Å²) in [6.07, 6.45) is -0.301. The molecular formula is C25H31N5O8. The van der Waals surface area contributed by atoms with E-state index in [1.165, 1.54) is 16.0 Å². The lowest BCUT2D eigenvalue weighted by molar-refractivity contribution is -0.157. The fraction of sp³-hybridized carbons (Fsp3) is 0.480. The van der Waals surface area contributed by atoms with E-state index < -0.39 is 30.6 Å². The summed E-state index contributed by atoms with van der Waals surface area (Å²) in [6, 6.07) is 9.35. The van der Waals surface area contributed by atoms with Crippen LogP contribution in [0, 0.1) is 0 Å². The minimum atomic E-state index is -1.19. The van der Waals surface area contributed by atoms with Crippen molar-refractivity contribution >= 4 is 18.0 Å². The van der Waals surface area contributed by atoms with Crippen LogP contribution in [0.3, 0.4) is 0 Å². The van der Waals surface area contributed by atoms with E-state index in [9.17, 15) is 19.5 Å². The summed E-state index contributed by atoms with van der Waals surface area (Å²) in [7, 11) is 0. The highest BCUT2D eigenvalue weighted by atomic mass is 16.8. The lowest BCUT2D eigenvalue weighted by atomic mass is 10.2. The van der Waals surface area contributed by atoms with E-state index in [2.05, 4.69) is 15.3 Å². The van der Waals surface area contributed by atoms with Gasteiger partial charge in [0, 0.05) is 31.1 Å². The zero-order valence-corrected chi connectivity index (χ0v) is 21.1. The maximum Gasteiger partial charge on any atom is 0.527 e. The number of carbonyl (C=O) groups is 3. The van der Waals surface area contributed by atoms with Crippen molar-refractivity contribution in [2.24, 2.45) is 0 Å². The first-order valence-electron chi connectivity index (χ1n) is 12.5. The number of aliphatic hydroxyl groups excluding tert-OH is 1. The maximum atomic E-state index is 13.2. The molecule has 2 aliphatic heterocycles. The Hall–Kier alpha value is -3.81. The molecule has 38 heavy (non-hydrogen) atoms. The van der Waals surface area contributed by atoms with E-state index in [-0.39, 0.29) is 56.3 Å². The van der Waals surface area contributed by atoms with Gasteiger partial charge in [-0.2, -0.15) is 4.98 Å². The van der Waals surface area contributed by atoms with Gasteiger partial charge in [0.2, 0.25) is 11.8 Å². The molecule has 2 atom stereocenters. The second-order valence-electron chi connectivity index (χ2n) is 8.62. The van der Waals surface area contributed by atoms with Crippen molar-refractivity contribution in [2.75, 3.05) is 52.6 Å². The van der Waals surface area contributed by atoms with Gasteiger partial charge in [0.05, 0.1) is 39.5 Å². The summed E-state index contributed by atoms with van der Waals surface area (Å²) in [5.41, 5.74) is 0.680. The highest BCUT2D eigenvalue weighted by Gasteiger charge is 2.30. The standard InChI is InChI=1S/C25H31N5O8/c1-2-36-25(34)38-30-11-9-29(10-12-30)24(33)20(15-31)27-23(32)19-14-21(37-18-8-13-35-16-18)28-22(26-19)17-6-4-3-5-7-17/h3-7,14,18,20,31H,2,8-13,15-16H2,1H3,(H,27,32)/t18-,20?/m0/s1. The summed E-state index contributed by atoms with van der Waals surface area (Å²) in [5.74, 6) is -0.622. The first kappa shape index (κ1) is 27.2. The van der Waals surface area contributed by atoms with Crippen molar-refractivity contribution < 1.29 is 38.5 Å². The van der Waals surface area contributed by atoms with Crippen LogP contribution in [-0.4, -0.2) is 108 Å². The van der Waals surface area contributed by atoms with Crippen molar-refractivity contribution in [3.63, 3.8) is 0 Å². The molecule has 2 fully saturated rings. The number of benzene rings is 1. The number of nitrogens with one attached hydrogen (secondary N) is 1. The number of carbonyl (C=O) groups excluding carboxylic acids is 3. The van der Waals surface area contributed by atoms with Gasteiger partial charge in [0.25, 0.3) is 5.91 Å². The van der Waals surface area contributed by atoms with Gasteiger partial charge in [-0.3, -0.25) is 9.59 Å². The Morgan fingerprint density at radius 1 is 1.16 bits per heavy atom. The van der Waals surface area contributed by atoms with Crippen LogP contribution >= 0.6 is 0 Å². The first-order valence-corrected chi connectivity index (χ1v) is 12.5. The molecule has 2 N–H and O–H groups in total. The second kappa shape index (κ2) is 13.1. The molecule has 3 heterocycles. The summed E-state index contributed by atoms with van der Waals surface area (Å²) in [4.78, 5) is 53.1.